The van der Waals surface area contributed by atoms with Crippen LogP contribution in [-0.2, 0) is 4.79 Å². The fourth-order valence-corrected chi connectivity index (χ4v) is 0.786. The molecule has 0 aliphatic carbocycles. The van der Waals surface area contributed by atoms with Crippen LogP contribution >= 0.6 is 0 Å². The van der Waals surface area contributed by atoms with Crippen LogP contribution in [-0.4, -0.2) is 17.1 Å². The van der Waals surface area contributed by atoms with Gasteiger partial charge in [0.1, 0.15) is 0 Å². The maximum absolute atomic E-state index is 10.2. The molecule has 0 aliphatic heterocycles. The smallest absolute Gasteiger partial charge is 0.217 e. The summed E-state index contributed by atoms with van der Waals surface area (Å²) in [5, 5.41) is 9.09. The molecular weight excluding hydrogens is 130 g/mol. The van der Waals surface area contributed by atoms with E-state index in [1.807, 2.05) is 6.92 Å². The van der Waals surface area contributed by atoms with Crippen molar-refractivity contribution in [3.05, 3.63) is 0 Å². The molecule has 0 aliphatic rings. The van der Waals surface area contributed by atoms with Crippen molar-refractivity contribution >= 4 is 5.91 Å². The maximum Gasteiger partial charge on any atom is 0.217 e. The van der Waals surface area contributed by atoms with Gasteiger partial charge >= 0.3 is 0 Å². The first kappa shape index (κ1) is 9.43. The van der Waals surface area contributed by atoms with Gasteiger partial charge in [-0.2, -0.15) is 0 Å². The van der Waals surface area contributed by atoms with E-state index in [0.717, 1.165) is 12.8 Å². The van der Waals surface area contributed by atoms with Crippen LogP contribution in [0.15, 0.2) is 0 Å². The number of amides is 1. The minimum absolute atomic E-state index is 0.293. The second kappa shape index (κ2) is 5.23. The van der Waals surface area contributed by atoms with Crippen LogP contribution in [0, 0.1) is 0 Å². The fourth-order valence-electron chi connectivity index (χ4n) is 0.786. The molecule has 0 rings (SSSR count). The van der Waals surface area contributed by atoms with Gasteiger partial charge in [-0.3, -0.25) is 4.79 Å². The standard InChI is InChI=1S/C7H15NO2/c1-2-3-6(9)4-5-7(8)10/h6,9H,2-5H2,1H3,(H2,8,10). The summed E-state index contributed by atoms with van der Waals surface area (Å²) >= 11 is 0. The number of hydrogen-bond acceptors (Lipinski definition) is 2. The van der Waals surface area contributed by atoms with Gasteiger partial charge in [-0.1, -0.05) is 13.3 Å². The Kier molecular flexibility index (Phi) is 4.94. The molecule has 1 amide bonds. The van der Waals surface area contributed by atoms with Gasteiger partial charge in [0.05, 0.1) is 6.10 Å². The monoisotopic (exact) mass is 145 g/mol. The maximum atomic E-state index is 10.2. The van der Waals surface area contributed by atoms with Gasteiger partial charge < -0.3 is 10.8 Å². The zero-order chi connectivity index (χ0) is 7.98. The van der Waals surface area contributed by atoms with Gasteiger partial charge in [0.2, 0.25) is 5.91 Å². The molecule has 0 radical (unpaired) electrons. The SMILES string of the molecule is CCCC(O)CCC(N)=O. The summed E-state index contributed by atoms with van der Waals surface area (Å²) in [5.74, 6) is -0.338. The number of rotatable bonds is 5. The summed E-state index contributed by atoms with van der Waals surface area (Å²) in [7, 11) is 0. The van der Waals surface area contributed by atoms with Gasteiger partial charge in [-0.25, -0.2) is 0 Å². The molecule has 0 aromatic rings. The number of primary amides is 1. The second-order valence-electron chi connectivity index (χ2n) is 2.45. The van der Waals surface area contributed by atoms with E-state index >= 15 is 0 Å². The zero-order valence-electron chi connectivity index (χ0n) is 6.34. The van der Waals surface area contributed by atoms with Crippen molar-refractivity contribution < 1.29 is 9.90 Å². The van der Waals surface area contributed by atoms with Crippen LogP contribution < -0.4 is 5.73 Å². The minimum atomic E-state index is -0.350. The molecule has 1 unspecified atom stereocenters. The molecule has 0 bridgehead atoms. The predicted molar refractivity (Wildman–Crippen MR) is 39.3 cm³/mol. The Morgan fingerprint density at radius 3 is 2.60 bits per heavy atom. The topological polar surface area (TPSA) is 63.3 Å². The number of carbonyl (C=O) groups is 1. The molecule has 10 heavy (non-hydrogen) atoms. The van der Waals surface area contributed by atoms with Crippen LogP contribution in [0.1, 0.15) is 32.6 Å². The van der Waals surface area contributed by atoms with E-state index in [2.05, 4.69) is 0 Å². The van der Waals surface area contributed by atoms with E-state index in [1.165, 1.54) is 0 Å². The third-order valence-electron chi connectivity index (χ3n) is 1.35. The Morgan fingerprint density at radius 1 is 1.60 bits per heavy atom. The van der Waals surface area contributed by atoms with E-state index in [4.69, 9.17) is 10.8 Å². The third kappa shape index (κ3) is 5.56. The Labute approximate surface area is 61.2 Å². The van der Waals surface area contributed by atoms with Crippen molar-refractivity contribution in [3.63, 3.8) is 0 Å². The van der Waals surface area contributed by atoms with E-state index < -0.39 is 0 Å². The lowest BCUT2D eigenvalue weighted by atomic mass is 10.1. The van der Waals surface area contributed by atoms with Gasteiger partial charge in [0, 0.05) is 6.42 Å². The molecule has 0 fully saturated rings. The lowest BCUT2D eigenvalue weighted by Crippen LogP contribution is -2.15. The molecular formula is C7H15NO2. The van der Waals surface area contributed by atoms with Gasteiger partial charge in [0.25, 0.3) is 0 Å². The molecule has 3 nitrogen and oxygen atoms in total. The number of aliphatic hydroxyl groups excluding tert-OH is 1. The fraction of sp³-hybridized carbons (Fsp3) is 0.857. The van der Waals surface area contributed by atoms with Crippen molar-refractivity contribution in [2.24, 2.45) is 5.73 Å². The Bertz CT molecular complexity index is 104. The van der Waals surface area contributed by atoms with Crippen molar-refractivity contribution in [1.82, 2.24) is 0 Å². The van der Waals surface area contributed by atoms with E-state index in [0.29, 0.717) is 12.8 Å². The number of nitrogens with two attached hydrogens (primary N) is 1. The summed E-state index contributed by atoms with van der Waals surface area (Å²) in [4.78, 5) is 10.2. The zero-order valence-corrected chi connectivity index (χ0v) is 6.34. The van der Waals surface area contributed by atoms with Crippen LogP contribution in [0.4, 0.5) is 0 Å². The molecule has 3 heteroatoms. The highest BCUT2D eigenvalue weighted by Gasteiger charge is 2.03. The molecule has 0 saturated carbocycles. The highest BCUT2D eigenvalue weighted by molar-refractivity contribution is 5.73. The first-order valence-electron chi connectivity index (χ1n) is 3.63. The van der Waals surface area contributed by atoms with Crippen LogP contribution in [0.2, 0.25) is 0 Å². The minimum Gasteiger partial charge on any atom is -0.393 e. The molecule has 0 aromatic carbocycles. The Morgan fingerprint density at radius 2 is 2.20 bits per heavy atom. The molecule has 0 heterocycles. The first-order valence-corrected chi connectivity index (χ1v) is 3.63. The molecule has 0 spiro atoms. The molecule has 0 saturated heterocycles. The molecule has 3 N–H and O–H groups in total. The summed E-state index contributed by atoms with van der Waals surface area (Å²) < 4.78 is 0. The van der Waals surface area contributed by atoms with Crippen LogP contribution in [0.25, 0.3) is 0 Å². The lowest BCUT2D eigenvalue weighted by Gasteiger charge is -2.05. The summed E-state index contributed by atoms with van der Waals surface area (Å²) in [5.41, 5.74) is 4.89. The van der Waals surface area contributed by atoms with Crippen molar-refractivity contribution in [2.75, 3.05) is 0 Å². The Balaban J connectivity index is 3.21. The quantitative estimate of drug-likeness (QED) is 0.588. The third-order valence-corrected chi connectivity index (χ3v) is 1.35. The van der Waals surface area contributed by atoms with Gasteiger partial charge in [-0.15, -0.1) is 0 Å². The van der Waals surface area contributed by atoms with E-state index in [-0.39, 0.29) is 12.0 Å². The first-order chi connectivity index (χ1) is 4.66. The average Bonchev–Trinajstić information content (AvgIpc) is 1.85. The number of carbonyl (C=O) groups excluding carboxylic acids is 1. The highest BCUT2D eigenvalue weighted by Crippen LogP contribution is 2.02. The lowest BCUT2D eigenvalue weighted by molar-refractivity contribution is -0.118. The van der Waals surface area contributed by atoms with Crippen molar-refractivity contribution in [1.29, 1.82) is 0 Å². The largest absolute Gasteiger partial charge is 0.393 e. The molecule has 0 aromatic heterocycles. The normalized spacial score (nSPS) is 13.0. The van der Waals surface area contributed by atoms with Gasteiger partial charge in [0.15, 0.2) is 0 Å². The molecule has 1 atom stereocenters. The summed E-state index contributed by atoms with van der Waals surface area (Å²) in [6, 6.07) is 0. The van der Waals surface area contributed by atoms with Crippen LogP contribution in [0.3, 0.4) is 0 Å². The second-order valence-corrected chi connectivity index (χ2v) is 2.45. The van der Waals surface area contributed by atoms with Crippen molar-refractivity contribution in [3.8, 4) is 0 Å². The van der Waals surface area contributed by atoms with Crippen molar-refractivity contribution in [2.45, 2.75) is 38.7 Å². The summed E-state index contributed by atoms with van der Waals surface area (Å²) in [6.07, 6.45) is 2.15. The van der Waals surface area contributed by atoms with E-state index in [9.17, 15) is 4.79 Å². The van der Waals surface area contributed by atoms with Crippen LogP contribution in [0.5, 0.6) is 0 Å². The summed E-state index contributed by atoms with van der Waals surface area (Å²) in [6.45, 7) is 1.99. The molecule has 60 valence electrons. The average molecular weight is 145 g/mol. The number of hydrogen-bond donors (Lipinski definition) is 2. The predicted octanol–water partition coefficient (Wildman–Crippen LogP) is 0.413. The van der Waals surface area contributed by atoms with E-state index in [1.54, 1.807) is 0 Å². The number of aliphatic hydroxyl groups is 1. The van der Waals surface area contributed by atoms with Gasteiger partial charge in [-0.05, 0) is 12.8 Å². The Hall–Kier alpha value is -0.570. The highest BCUT2D eigenvalue weighted by atomic mass is 16.3.